The Labute approximate surface area is 238 Å². The summed E-state index contributed by atoms with van der Waals surface area (Å²) in [5.74, 6) is -0.179. The monoisotopic (exact) mass is 558 g/mol. The molecule has 2 aliphatic rings. The Balaban J connectivity index is 1.20. The number of carbonyl (C=O) groups excluding carboxylic acids is 1. The van der Waals surface area contributed by atoms with E-state index in [0.29, 0.717) is 29.8 Å². The van der Waals surface area contributed by atoms with E-state index in [1.165, 1.54) is 11.6 Å². The first kappa shape index (κ1) is 27.4. The molecule has 3 heterocycles. The zero-order valence-electron chi connectivity index (χ0n) is 23.1. The average molecular weight is 559 g/mol. The number of likely N-dealkylation sites (N-methyl/N-ethyl adjacent to an activating group) is 1. The van der Waals surface area contributed by atoms with Gasteiger partial charge in [-0.3, -0.25) is 14.7 Å². The zero-order chi connectivity index (χ0) is 28.6. The number of para-hydroxylation sites is 1. The number of alkyl halides is 3. The lowest BCUT2D eigenvalue weighted by molar-refractivity contribution is -0.137. The highest BCUT2D eigenvalue weighted by Gasteiger charge is 2.31. The first-order chi connectivity index (χ1) is 19.7. The molecule has 4 aromatic rings. The molecule has 6 rings (SSSR count). The molecular weight excluding hydrogens is 525 g/mol. The maximum absolute atomic E-state index is 13.8. The predicted octanol–water partition coefficient (Wildman–Crippen LogP) is 5.99. The number of ketones is 1. The second-order valence-electron chi connectivity index (χ2n) is 11.3. The van der Waals surface area contributed by atoms with Crippen molar-refractivity contribution in [1.82, 2.24) is 14.8 Å². The predicted molar refractivity (Wildman–Crippen MR) is 155 cm³/mol. The molecule has 1 aromatic heterocycles. The fraction of sp³-hybridized carbons (Fsp3) is 0.333. The molecule has 0 saturated carbocycles. The number of nitrogens with zero attached hydrogens (tertiary/aromatic N) is 4. The Hall–Kier alpha value is -3.75. The summed E-state index contributed by atoms with van der Waals surface area (Å²) in [6.45, 7) is 5.33. The molecule has 212 valence electrons. The molecule has 41 heavy (non-hydrogen) atoms. The van der Waals surface area contributed by atoms with Crippen LogP contribution in [0.2, 0.25) is 0 Å². The molecule has 3 aromatic carbocycles. The lowest BCUT2D eigenvalue weighted by Gasteiger charge is -2.32. The van der Waals surface area contributed by atoms with Crippen LogP contribution in [0, 0.1) is 0 Å². The third kappa shape index (κ3) is 6.29. The lowest BCUT2D eigenvalue weighted by Crippen LogP contribution is -2.43. The van der Waals surface area contributed by atoms with Gasteiger partial charge in [-0.05, 0) is 66.1 Å². The van der Waals surface area contributed by atoms with Gasteiger partial charge < -0.3 is 9.80 Å². The van der Waals surface area contributed by atoms with E-state index >= 15 is 0 Å². The van der Waals surface area contributed by atoms with Crippen molar-refractivity contribution in [2.24, 2.45) is 0 Å². The summed E-state index contributed by atoms with van der Waals surface area (Å²) in [7, 11) is 2.05. The number of hydrogen-bond acceptors (Lipinski definition) is 5. The molecular formula is C33H33F3N4O. The van der Waals surface area contributed by atoms with E-state index in [2.05, 4.69) is 25.8 Å². The van der Waals surface area contributed by atoms with Crippen molar-refractivity contribution < 1.29 is 18.0 Å². The standard InChI is InChI=1S/C33H33F3N4O/c1-38-10-12-39(13-11-38)21-24-14-23(15-29(16-24)33(34,35)36)17-32(41)27-7-6-25-8-9-40(22-28(25)18-27)30-19-26-4-2-3-5-31(26)37-20-30/h2-7,14-16,18-20H,8-13,17,21-22H2,1H3. The third-order valence-corrected chi connectivity index (χ3v) is 8.23. The molecule has 0 radical (unpaired) electrons. The summed E-state index contributed by atoms with van der Waals surface area (Å²) in [6.07, 6.45) is -1.81. The van der Waals surface area contributed by atoms with Crippen molar-refractivity contribution in [2.45, 2.75) is 32.1 Å². The summed E-state index contributed by atoms with van der Waals surface area (Å²) in [5, 5.41) is 1.08. The van der Waals surface area contributed by atoms with Gasteiger partial charge in [0, 0.05) is 63.2 Å². The minimum atomic E-state index is -4.47. The largest absolute Gasteiger partial charge is 0.416 e. The van der Waals surface area contributed by atoms with Crippen molar-refractivity contribution in [1.29, 1.82) is 0 Å². The molecule has 2 aliphatic heterocycles. The van der Waals surface area contributed by atoms with Gasteiger partial charge in [-0.15, -0.1) is 0 Å². The number of fused-ring (bicyclic) bond motifs is 2. The van der Waals surface area contributed by atoms with Crippen LogP contribution in [-0.2, 0) is 32.1 Å². The van der Waals surface area contributed by atoms with Gasteiger partial charge in [-0.1, -0.05) is 36.4 Å². The van der Waals surface area contributed by atoms with Gasteiger partial charge in [0.05, 0.1) is 23.0 Å². The van der Waals surface area contributed by atoms with Crippen LogP contribution in [0.25, 0.3) is 10.9 Å². The Kier molecular flexibility index (Phi) is 7.53. The summed E-state index contributed by atoms with van der Waals surface area (Å²) in [5.41, 5.74) is 5.06. The first-order valence-electron chi connectivity index (χ1n) is 14.1. The second kappa shape index (κ2) is 11.3. The number of halogens is 3. The van der Waals surface area contributed by atoms with Crippen molar-refractivity contribution >= 4 is 22.4 Å². The molecule has 0 aliphatic carbocycles. The fourth-order valence-corrected chi connectivity index (χ4v) is 5.85. The molecule has 5 nitrogen and oxygen atoms in total. The smallest absolute Gasteiger partial charge is 0.366 e. The van der Waals surface area contributed by atoms with E-state index in [9.17, 15) is 18.0 Å². The van der Waals surface area contributed by atoms with Gasteiger partial charge >= 0.3 is 6.18 Å². The van der Waals surface area contributed by atoms with Gasteiger partial charge in [0.25, 0.3) is 0 Å². The van der Waals surface area contributed by atoms with Gasteiger partial charge in [0.2, 0.25) is 0 Å². The van der Waals surface area contributed by atoms with Crippen LogP contribution in [0.1, 0.15) is 38.2 Å². The highest BCUT2D eigenvalue weighted by Crippen LogP contribution is 2.32. The van der Waals surface area contributed by atoms with Gasteiger partial charge in [0.1, 0.15) is 0 Å². The summed E-state index contributed by atoms with van der Waals surface area (Å²) in [4.78, 5) is 24.6. The molecule has 1 saturated heterocycles. The third-order valence-electron chi connectivity index (χ3n) is 8.23. The van der Waals surface area contributed by atoms with Gasteiger partial charge in [-0.2, -0.15) is 13.2 Å². The Bertz CT molecular complexity index is 1580. The minimum Gasteiger partial charge on any atom is -0.366 e. The van der Waals surface area contributed by atoms with E-state index < -0.39 is 11.7 Å². The van der Waals surface area contributed by atoms with Crippen LogP contribution in [-0.4, -0.2) is 60.3 Å². The molecule has 0 amide bonds. The maximum atomic E-state index is 13.8. The number of aromatic nitrogens is 1. The van der Waals surface area contributed by atoms with Crippen molar-refractivity contribution in [3.63, 3.8) is 0 Å². The van der Waals surface area contributed by atoms with Crippen LogP contribution in [0.4, 0.5) is 18.9 Å². The van der Waals surface area contributed by atoms with E-state index in [1.807, 2.05) is 55.7 Å². The zero-order valence-corrected chi connectivity index (χ0v) is 23.1. The van der Waals surface area contributed by atoms with Crippen LogP contribution in [0.5, 0.6) is 0 Å². The van der Waals surface area contributed by atoms with E-state index in [-0.39, 0.29) is 12.2 Å². The Morgan fingerprint density at radius 1 is 0.878 bits per heavy atom. The molecule has 0 spiro atoms. The maximum Gasteiger partial charge on any atom is 0.416 e. The number of hydrogen-bond donors (Lipinski definition) is 0. The molecule has 8 heteroatoms. The van der Waals surface area contributed by atoms with Gasteiger partial charge in [0.15, 0.2) is 5.78 Å². The van der Waals surface area contributed by atoms with Crippen molar-refractivity contribution in [3.05, 3.63) is 106 Å². The number of pyridine rings is 1. The number of rotatable bonds is 6. The SMILES string of the molecule is CN1CCN(Cc2cc(CC(=O)c3ccc4c(c3)CN(c3cnc5ccccc5c3)CC4)cc(C(F)(F)F)c2)CC1. The van der Waals surface area contributed by atoms with Crippen LogP contribution in [0.15, 0.2) is 72.9 Å². The number of piperazine rings is 1. The Morgan fingerprint density at radius 2 is 1.66 bits per heavy atom. The fourth-order valence-electron chi connectivity index (χ4n) is 5.85. The average Bonchev–Trinajstić information content (AvgIpc) is 2.97. The van der Waals surface area contributed by atoms with E-state index in [4.69, 9.17) is 0 Å². The number of benzene rings is 3. The van der Waals surface area contributed by atoms with Crippen molar-refractivity contribution in [3.8, 4) is 0 Å². The first-order valence-corrected chi connectivity index (χ1v) is 14.1. The second-order valence-corrected chi connectivity index (χ2v) is 11.3. The van der Waals surface area contributed by atoms with Crippen LogP contribution < -0.4 is 4.90 Å². The number of Topliss-reactive ketones (excluding diaryl/α,β-unsaturated/α-hetero) is 1. The molecule has 0 atom stereocenters. The summed E-state index contributed by atoms with van der Waals surface area (Å²) < 4.78 is 41.3. The van der Waals surface area contributed by atoms with E-state index in [0.717, 1.165) is 67.4 Å². The summed E-state index contributed by atoms with van der Waals surface area (Å²) in [6, 6.07) is 20.0. The quantitative estimate of drug-likeness (QED) is 0.272. The van der Waals surface area contributed by atoms with Crippen LogP contribution >= 0.6 is 0 Å². The normalized spacial score (nSPS) is 16.6. The lowest BCUT2D eigenvalue weighted by atomic mass is 9.93. The highest BCUT2D eigenvalue weighted by molar-refractivity contribution is 5.97. The molecule has 1 fully saturated rings. The minimum absolute atomic E-state index is 0.0727. The summed E-state index contributed by atoms with van der Waals surface area (Å²) >= 11 is 0. The van der Waals surface area contributed by atoms with Crippen LogP contribution in [0.3, 0.4) is 0 Å². The Morgan fingerprint density at radius 3 is 2.46 bits per heavy atom. The number of carbonyl (C=O) groups is 1. The van der Waals surface area contributed by atoms with Crippen molar-refractivity contribution in [2.75, 3.05) is 44.7 Å². The molecule has 0 N–H and O–H groups in total. The topological polar surface area (TPSA) is 39.7 Å². The highest BCUT2D eigenvalue weighted by atomic mass is 19.4. The molecule has 0 unspecified atom stereocenters. The van der Waals surface area contributed by atoms with Gasteiger partial charge in [-0.25, -0.2) is 0 Å². The number of anilines is 1. The molecule has 0 bridgehead atoms. The van der Waals surface area contributed by atoms with E-state index in [1.54, 1.807) is 6.07 Å².